The van der Waals surface area contributed by atoms with Crippen LogP contribution in [-0.4, -0.2) is 54.4 Å². The van der Waals surface area contributed by atoms with Gasteiger partial charge >= 0.3 is 0 Å². The molecule has 1 fully saturated rings. The van der Waals surface area contributed by atoms with Crippen LogP contribution in [-0.2, 0) is 11.8 Å². The number of anilines is 1. The first kappa shape index (κ1) is 17.7. The van der Waals surface area contributed by atoms with Gasteiger partial charge in [-0.05, 0) is 30.7 Å². The number of nitrogens with zero attached hydrogens (tertiary/aromatic N) is 5. The van der Waals surface area contributed by atoms with Gasteiger partial charge in [0.1, 0.15) is 12.2 Å². The maximum atomic E-state index is 12.0. The molecule has 1 aromatic carbocycles. The number of rotatable bonds is 4. The van der Waals surface area contributed by atoms with Crippen molar-refractivity contribution in [2.75, 3.05) is 18.4 Å². The Kier molecular flexibility index (Phi) is 4.19. The number of amides is 1. The lowest BCUT2D eigenvalue weighted by molar-refractivity contribution is -0.129. The van der Waals surface area contributed by atoms with Crippen LogP contribution in [0.1, 0.15) is 19.8 Å². The molecule has 8 heteroatoms. The van der Waals surface area contributed by atoms with Gasteiger partial charge in [0.05, 0.1) is 0 Å². The summed E-state index contributed by atoms with van der Waals surface area (Å²) in [5, 5.41) is 4.63. The number of carbonyl (C=O) groups excluding carboxylic acids is 1. The fourth-order valence-corrected chi connectivity index (χ4v) is 4.08. The third kappa shape index (κ3) is 3.00. The number of aromatic nitrogens is 5. The zero-order valence-corrected chi connectivity index (χ0v) is 16.5. The van der Waals surface area contributed by atoms with Gasteiger partial charge < -0.3 is 19.8 Å². The molecule has 0 spiro atoms. The molecule has 1 atom stereocenters. The molecule has 1 aliphatic heterocycles. The van der Waals surface area contributed by atoms with Gasteiger partial charge in [0, 0.05) is 55.3 Å². The summed E-state index contributed by atoms with van der Waals surface area (Å²) in [5.74, 6) is 1.76. The monoisotopic (exact) mass is 389 g/mol. The van der Waals surface area contributed by atoms with E-state index < -0.39 is 0 Å². The van der Waals surface area contributed by atoms with Crippen LogP contribution in [0, 0.1) is 0 Å². The zero-order valence-electron chi connectivity index (χ0n) is 16.5. The van der Waals surface area contributed by atoms with Crippen molar-refractivity contribution in [1.29, 1.82) is 0 Å². The van der Waals surface area contributed by atoms with Crippen LogP contribution in [0.25, 0.3) is 33.5 Å². The zero-order chi connectivity index (χ0) is 20.0. The number of hydrogen-bond donors (Lipinski definition) is 2. The number of nitrogens with one attached hydrogen (secondary N) is 2. The fourth-order valence-electron chi connectivity index (χ4n) is 4.08. The summed E-state index contributed by atoms with van der Waals surface area (Å²) in [6, 6.07) is 8.47. The highest BCUT2D eigenvalue weighted by molar-refractivity contribution is 5.89. The van der Waals surface area contributed by atoms with Crippen molar-refractivity contribution < 1.29 is 4.79 Å². The molecule has 1 saturated heterocycles. The van der Waals surface area contributed by atoms with Gasteiger partial charge in [0.2, 0.25) is 5.91 Å². The first-order valence-corrected chi connectivity index (χ1v) is 9.93. The van der Waals surface area contributed by atoms with Gasteiger partial charge in [-0.2, -0.15) is 0 Å². The minimum Gasteiger partial charge on any atom is -0.364 e. The van der Waals surface area contributed by atoms with E-state index in [0.29, 0.717) is 13.0 Å². The summed E-state index contributed by atoms with van der Waals surface area (Å²) in [6.07, 6.45) is 4.95. The summed E-state index contributed by atoms with van der Waals surface area (Å²) < 4.78 is 2.00. The highest BCUT2D eigenvalue weighted by Crippen LogP contribution is 2.28. The fraction of sp³-hybridized carbons (Fsp3) is 0.333. The van der Waals surface area contributed by atoms with E-state index in [9.17, 15) is 4.79 Å². The summed E-state index contributed by atoms with van der Waals surface area (Å²) in [5.41, 5.74) is 3.66. The normalized spacial score (nSPS) is 16.8. The second-order valence-corrected chi connectivity index (χ2v) is 7.49. The molecule has 4 heterocycles. The molecular weight excluding hydrogens is 366 g/mol. The van der Waals surface area contributed by atoms with Gasteiger partial charge in [-0.25, -0.2) is 15.0 Å². The van der Waals surface area contributed by atoms with Crippen molar-refractivity contribution in [2.24, 2.45) is 7.05 Å². The van der Waals surface area contributed by atoms with Crippen LogP contribution in [0.4, 0.5) is 5.82 Å². The molecule has 4 aromatic rings. The average Bonchev–Trinajstić information content (AvgIpc) is 3.46. The lowest BCUT2D eigenvalue weighted by Crippen LogP contribution is -2.31. The van der Waals surface area contributed by atoms with Crippen LogP contribution in [0.15, 0.2) is 36.8 Å². The number of aromatic amines is 1. The summed E-state index contributed by atoms with van der Waals surface area (Å²) >= 11 is 0. The molecule has 3 aromatic heterocycles. The van der Waals surface area contributed by atoms with E-state index in [0.717, 1.165) is 52.2 Å². The number of hydrogen-bond acceptors (Lipinski definition) is 5. The Balaban J connectivity index is 1.48. The molecule has 2 N–H and O–H groups in total. The van der Waals surface area contributed by atoms with Crippen LogP contribution < -0.4 is 5.32 Å². The van der Waals surface area contributed by atoms with E-state index in [1.807, 2.05) is 29.6 Å². The Morgan fingerprint density at radius 2 is 2.21 bits per heavy atom. The molecule has 0 saturated carbocycles. The van der Waals surface area contributed by atoms with Gasteiger partial charge in [-0.15, -0.1) is 0 Å². The van der Waals surface area contributed by atoms with E-state index >= 15 is 0 Å². The van der Waals surface area contributed by atoms with Crippen LogP contribution in [0.2, 0.25) is 0 Å². The van der Waals surface area contributed by atoms with Crippen molar-refractivity contribution >= 4 is 33.8 Å². The number of benzene rings is 1. The Morgan fingerprint density at radius 1 is 1.31 bits per heavy atom. The molecule has 29 heavy (non-hydrogen) atoms. The van der Waals surface area contributed by atoms with E-state index in [1.54, 1.807) is 6.33 Å². The Hall–Kier alpha value is -3.42. The molecule has 0 radical (unpaired) electrons. The smallest absolute Gasteiger partial charge is 0.222 e. The second-order valence-electron chi connectivity index (χ2n) is 7.49. The molecule has 0 unspecified atom stereocenters. The predicted octanol–water partition coefficient (Wildman–Crippen LogP) is 2.93. The highest BCUT2D eigenvalue weighted by atomic mass is 16.2. The summed E-state index contributed by atoms with van der Waals surface area (Å²) in [6.45, 7) is 3.38. The summed E-state index contributed by atoms with van der Waals surface area (Å²) in [4.78, 5) is 30.8. The van der Waals surface area contributed by atoms with Gasteiger partial charge in [-0.3, -0.25) is 4.79 Å². The molecule has 5 rings (SSSR count). The molecule has 0 bridgehead atoms. The predicted molar refractivity (Wildman–Crippen MR) is 112 cm³/mol. The van der Waals surface area contributed by atoms with Crippen LogP contribution in [0.5, 0.6) is 0 Å². The average molecular weight is 389 g/mol. The topological polar surface area (TPSA) is 91.7 Å². The van der Waals surface area contributed by atoms with E-state index in [1.165, 1.54) is 0 Å². The molecule has 0 aliphatic carbocycles. The number of carbonyl (C=O) groups is 1. The number of imidazole rings is 1. The third-order valence-electron chi connectivity index (χ3n) is 5.65. The maximum Gasteiger partial charge on any atom is 0.222 e. The largest absolute Gasteiger partial charge is 0.364 e. The van der Waals surface area contributed by atoms with E-state index in [2.05, 4.69) is 44.5 Å². The molecule has 1 amide bonds. The third-order valence-corrected chi connectivity index (χ3v) is 5.65. The van der Waals surface area contributed by atoms with Crippen LogP contribution in [0.3, 0.4) is 0 Å². The lowest BCUT2D eigenvalue weighted by atomic mass is 10.1. The first-order valence-electron chi connectivity index (χ1n) is 9.93. The van der Waals surface area contributed by atoms with Crippen molar-refractivity contribution in [3.05, 3.63) is 36.8 Å². The molecule has 148 valence electrons. The van der Waals surface area contributed by atoms with Crippen molar-refractivity contribution in [3.8, 4) is 11.4 Å². The quantitative estimate of drug-likeness (QED) is 0.560. The van der Waals surface area contributed by atoms with Crippen molar-refractivity contribution in [1.82, 2.24) is 29.4 Å². The second kappa shape index (κ2) is 6.88. The van der Waals surface area contributed by atoms with Gasteiger partial charge in [0.25, 0.3) is 0 Å². The van der Waals surface area contributed by atoms with E-state index in [-0.39, 0.29) is 11.9 Å². The number of H-pyrrole nitrogens is 1. The summed E-state index contributed by atoms with van der Waals surface area (Å²) in [7, 11) is 1.97. The maximum absolute atomic E-state index is 12.0. The highest BCUT2D eigenvalue weighted by Gasteiger charge is 2.26. The van der Waals surface area contributed by atoms with Crippen molar-refractivity contribution in [2.45, 2.75) is 25.8 Å². The SMILES string of the molecule is CCC(=O)N1CC[C@H](Nc2ncnc3c2nc(-c2ccc4[nH]ccc4c2)n3C)C1. The number of fused-ring (bicyclic) bond motifs is 2. The van der Waals surface area contributed by atoms with Gasteiger partial charge in [0.15, 0.2) is 17.0 Å². The Labute approximate surface area is 168 Å². The Morgan fingerprint density at radius 3 is 3.07 bits per heavy atom. The molecule has 8 nitrogen and oxygen atoms in total. The minimum absolute atomic E-state index is 0.172. The van der Waals surface area contributed by atoms with E-state index in [4.69, 9.17) is 4.98 Å². The Bertz CT molecular complexity index is 1210. The first-order chi connectivity index (χ1) is 14.1. The standard InChI is InChI=1S/C21H23N7O/c1-3-17(29)28-9-7-15(11-28)25-19-18-21(24-12-23-19)27(2)20(26-18)14-4-5-16-13(10-14)6-8-22-16/h4-6,8,10,12,15,22H,3,7,9,11H2,1-2H3,(H,23,24,25)/t15-/m0/s1. The molecular formula is C21H23N7O. The molecule has 1 aliphatic rings. The lowest BCUT2D eigenvalue weighted by Gasteiger charge is -2.16. The number of aryl methyl sites for hydroxylation is 1. The number of likely N-dealkylation sites (tertiary alicyclic amines) is 1. The van der Waals surface area contributed by atoms with Gasteiger partial charge in [-0.1, -0.05) is 6.92 Å². The minimum atomic E-state index is 0.172. The van der Waals surface area contributed by atoms with Crippen LogP contribution >= 0.6 is 0 Å². The van der Waals surface area contributed by atoms with Crippen molar-refractivity contribution in [3.63, 3.8) is 0 Å².